The summed E-state index contributed by atoms with van der Waals surface area (Å²) in [5.74, 6) is 0.0705. The highest BCUT2D eigenvalue weighted by atomic mass is 16.5. The van der Waals surface area contributed by atoms with E-state index in [1.165, 1.54) is 0 Å². The van der Waals surface area contributed by atoms with Gasteiger partial charge in [0.2, 0.25) is 0 Å². The van der Waals surface area contributed by atoms with Gasteiger partial charge < -0.3 is 15.0 Å². The zero-order valence-corrected chi connectivity index (χ0v) is 16.2. The first kappa shape index (κ1) is 18.7. The third-order valence-corrected chi connectivity index (χ3v) is 4.89. The zero-order valence-electron chi connectivity index (χ0n) is 16.2. The quantitative estimate of drug-likeness (QED) is 0.713. The van der Waals surface area contributed by atoms with Crippen LogP contribution >= 0.6 is 0 Å². The molecule has 2 amide bonds. The molecule has 4 rings (SSSR count). The summed E-state index contributed by atoms with van der Waals surface area (Å²) >= 11 is 0. The van der Waals surface area contributed by atoms with E-state index in [2.05, 4.69) is 5.32 Å². The van der Waals surface area contributed by atoms with Crippen LogP contribution < -0.4 is 10.1 Å². The van der Waals surface area contributed by atoms with Crippen molar-refractivity contribution in [3.05, 3.63) is 95.6 Å². The first-order chi connectivity index (χ1) is 14.1. The molecule has 0 saturated heterocycles. The number of amides is 2. The summed E-state index contributed by atoms with van der Waals surface area (Å²) in [5, 5.41) is 2.81. The van der Waals surface area contributed by atoms with Gasteiger partial charge in [-0.15, -0.1) is 0 Å². The summed E-state index contributed by atoms with van der Waals surface area (Å²) in [6.07, 6.45) is -0.645. The normalized spacial score (nSPS) is 15.1. The standard InChI is InChI=1S/C24H22N2O3/c1-17-23(27)25-21-14-8-13-20(22(21)29-17)24(28)26(15-18-9-4-2-5-10-18)16-19-11-6-3-7-12-19/h2-14,17H,15-16H2,1H3,(H,25,27). The van der Waals surface area contributed by atoms with E-state index in [1.54, 1.807) is 30.0 Å². The molecular weight excluding hydrogens is 364 g/mol. The Labute approximate surface area is 169 Å². The lowest BCUT2D eigenvalue weighted by molar-refractivity contribution is -0.122. The van der Waals surface area contributed by atoms with Crippen molar-refractivity contribution in [3.63, 3.8) is 0 Å². The van der Waals surface area contributed by atoms with E-state index < -0.39 is 6.10 Å². The fourth-order valence-electron chi connectivity index (χ4n) is 3.37. The lowest BCUT2D eigenvalue weighted by atomic mass is 10.1. The highest BCUT2D eigenvalue weighted by Crippen LogP contribution is 2.34. The van der Waals surface area contributed by atoms with Crippen LogP contribution in [0, 0.1) is 0 Å². The monoisotopic (exact) mass is 386 g/mol. The maximum absolute atomic E-state index is 13.5. The van der Waals surface area contributed by atoms with E-state index in [9.17, 15) is 9.59 Å². The van der Waals surface area contributed by atoms with Crippen LogP contribution in [0.3, 0.4) is 0 Å². The van der Waals surface area contributed by atoms with Crippen LogP contribution in [0.25, 0.3) is 0 Å². The van der Waals surface area contributed by atoms with Gasteiger partial charge in [-0.3, -0.25) is 9.59 Å². The molecule has 5 nitrogen and oxygen atoms in total. The Bertz CT molecular complexity index is 977. The van der Waals surface area contributed by atoms with Gasteiger partial charge in [-0.25, -0.2) is 0 Å². The van der Waals surface area contributed by atoms with Crippen molar-refractivity contribution in [1.82, 2.24) is 4.90 Å². The first-order valence-electron chi connectivity index (χ1n) is 9.59. The van der Waals surface area contributed by atoms with Gasteiger partial charge in [0.05, 0.1) is 11.3 Å². The summed E-state index contributed by atoms with van der Waals surface area (Å²) in [6.45, 7) is 2.62. The Morgan fingerprint density at radius 1 is 0.897 bits per heavy atom. The molecule has 0 radical (unpaired) electrons. The summed E-state index contributed by atoms with van der Waals surface area (Å²) in [5.41, 5.74) is 3.06. The fraction of sp³-hybridized carbons (Fsp3) is 0.167. The predicted molar refractivity (Wildman–Crippen MR) is 112 cm³/mol. The lowest BCUT2D eigenvalue weighted by Crippen LogP contribution is -2.36. The molecule has 1 aliphatic rings. The van der Waals surface area contributed by atoms with Crippen LogP contribution in [0.5, 0.6) is 5.75 Å². The number of carbonyl (C=O) groups is 2. The van der Waals surface area contributed by atoms with E-state index in [0.717, 1.165) is 11.1 Å². The fourth-order valence-corrected chi connectivity index (χ4v) is 3.37. The second kappa shape index (κ2) is 8.19. The Morgan fingerprint density at radius 2 is 1.48 bits per heavy atom. The molecule has 0 aromatic heterocycles. The Hall–Kier alpha value is -3.60. The van der Waals surface area contributed by atoms with Crippen LogP contribution in [-0.4, -0.2) is 22.8 Å². The van der Waals surface area contributed by atoms with Crippen LogP contribution in [-0.2, 0) is 17.9 Å². The SMILES string of the molecule is CC1Oc2c(cccc2C(=O)N(Cc2ccccc2)Cc2ccccc2)NC1=O. The number of rotatable bonds is 5. The van der Waals surface area contributed by atoms with Crippen molar-refractivity contribution in [3.8, 4) is 5.75 Å². The van der Waals surface area contributed by atoms with Crippen LogP contribution in [0.15, 0.2) is 78.9 Å². The van der Waals surface area contributed by atoms with Crippen molar-refractivity contribution in [1.29, 1.82) is 0 Å². The summed E-state index contributed by atoms with van der Waals surface area (Å²) in [4.78, 5) is 27.3. The average molecular weight is 386 g/mol. The third-order valence-electron chi connectivity index (χ3n) is 4.89. The van der Waals surface area contributed by atoms with E-state index in [1.807, 2.05) is 60.7 Å². The van der Waals surface area contributed by atoms with Gasteiger partial charge in [0, 0.05) is 13.1 Å². The number of hydrogen-bond donors (Lipinski definition) is 1. The molecule has 5 heteroatoms. The number of anilines is 1. The topological polar surface area (TPSA) is 58.6 Å². The van der Waals surface area contributed by atoms with Crippen molar-refractivity contribution in [2.75, 3.05) is 5.32 Å². The van der Waals surface area contributed by atoms with Crippen molar-refractivity contribution in [2.24, 2.45) is 0 Å². The Balaban J connectivity index is 1.68. The Kier molecular flexibility index (Phi) is 5.29. The molecule has 1 unspecified atom stereocenters. The summed E-state index contributed by atoms with van der Waals surface area (Å²) in [6, 6.07) is 25.0. The minimum absolute atomic E-state index is 0.141. The molecule has 0 bridgehead atoms. The Morgan fingerprint density at radius 3 is 2.07 bits per heavy atom. The molecule has 29 heavy (non-hydrogen) atoms. The molecule has 0 saturated carbocycles. The number of benzene rings is 3. The number of fused-ring (bicyclic) bond motifs is 1. The highest BCUT2D eigenvalue weighted by Gasteiger charge is 2.29. The van der Waals surface area contributed by atoms with E-state index in [4.69, 9.17) is 4.74 Å². The molecule has 1 N–H and O–H groups in total. The number of nitrogens with zero attached hydrogens (tertiary/aromatic N) is 1. The van der Waals surface area contributed by atoms with E-state index >= 15 is 0 Å². The second-order valence-corrected chi connectivity index (χ2v) is 7.06. The van der Waals surface area contributed by atoms with E-state index in [0.29, 0.717) is 30.1 Å². The lowest BCUT2D eigenvalue weighted by Gasteiger charge is -2.28. The molecule has 1 atom stereocenters. The molecule has 0 fully saturated rings. The average Bonchev–Trinajstić information content (AvgIpc) is 2.75. The number of carbonyl (C=O) groups excluding carboxylic acids is 2. The molecule has 1 heterocycles. The molecule has 3 aromatic carbocycles. The van der Waals surface area contributed by atoms with Gasteiger partial charge in [-0.05, 0) is 30.2 Å². The molecule has 0 spiro atoms. The van der Waals surface area contributed by atoms with Gasteiger partial charge in [-0.2, -0.15) is 0 Å². The maximum Gasteiger partial charge on any atom is 0.265 e. The number of hydrogen-bond acceptors (Lipinski definition) is 3. The molecule has 0 aliphatic carbocycles. The van der Waals surface area contributed by atoms with Gasteiger partial charge >= 0.3 is 0 Å². The molecule has 3 aromatic rings. The summed E-state index contributed by atoms with van der Waals surface area (Å²) in [7, 11) is 0. The number of para-hydroxylation sites is 1. The van der Waals surface area contributed by atoms with Gasteiger partial charge in [-0.1, -0.05) is 66.7 Å². The number of nitrogens with one attached hydrogen (secondary N) is 1. The summed E-state index contributed by atoms with van der Waals surface area (Å²) < 4.78 is 5.79. The maximum atomic E-state index is 13.5. The van der Waals surface area contributed by atoms with E-state index in [-0.39, 0.29) is 11.8 Å². The van der Waals surface area contributed by atoms with Crippen molar-refractivity contribution >= 4 is 17.5 Å². The van der Waals surface area contributed by atoms with Crippen molar-refractivity contribution < 1.29 is 14.3 Å². The third kappa shape index (κ3) is 4.14. The van der Waals surface area contributed by atoms with Crippen LogP contribution in [0.1, 0.15) is 28.4 Å². The zero-order chi connectivity index (χ0) is 20.2. The second-order valence-electron chi connectivity index (χ2n) is 7.06. The van der Waals surface area contributed by atoms with Crippen LogP contribution in [0.4, 0.5) is 5.69 Å². The van der Waals surface area contributed by atoms with Gasteiger partial charge in [0.15, 0.2) is 11.9 Å². The highest BCUT2D eigenvalue weighted by molar-refractivity contribution is 6.04. The first-order valence-corrected chi connectivity index (χ1v) is 9.59. The molecule has 1 aliphatic heterocycles. The van der Waals surface area contributed by atoms with Gasteiger partial charge in [0.25, 0.3) is 11.8 Å². The molecule has 146 valence electrons. The predicted octanol–water partition coefficient (Wildman–Crippen LogP) is 4.25. The van der Waals surface area contributed by atoms with Crippen LogP contribution in [0.2, 0.25) is 0 Å². The smallest absolute Gasteiger partial charge is 0.265 e. The minimum Gasteiger partial charge on any atom is -0.478 e. The molecular formula is C24H22N2O3. The largest absolute Gasteiger partial charge is 0.478 e. The minimum atomic E-state index is -0.645. The number of ether oxygens (including phenoxy) is 1. The van der Waals surface area contributed by atoms with Gasteiger partial charge in [0.1, 0.15) is 0 Å². The van der Waals surface area contributed by atoms with Crippen molar-refractivity contribution in [2.45, 2.75) is 26.1 Å².